The third kappa shape index (κ3) is 4.42. The van der Waals surface area contributed by atoms with Gasteiger partial charge in [-0.15, -0.1) is 0 Å². The van der Waals surface area contributed by atoms with Gasteiger partial charge in [-0.25, -0.2) is 0 Å². The van der Waals surface area contributed by atoms with E-state index in [1.54, 1.807) is 0 Å². The van der Waals surface area contributed by atoms with Crippen molar-refractivity contribution in [3.63, 3.8) is 0 Å². The van der Waals surface area contributed by atoms with E-state index in [9.17, 15) is 0 Å². The van der Waals surface area contributed by atoms with E-state index in [0.717, 1.165) is 32.9 Å². The minimum atomic E-state index is 0.941. The molecule has 2 heterocycles. The van der Waals surface area contributed by atoms with Gasteiger partial charge in [0.2, 0.25) is 0 Å². The van der Waals surface area contributed by atoms with Crippen LogP contribution in [-0.4, -0.2) is 9.97 Å². The molecule has 0 spiro atoms. The molecule has 0 N–H and O–H groups in total. The predicted molar refractivity (Wildman–Crippen MR) is 203 cm³/mol. The first-order valence-corrected chi connectivity index (χ1v) is 16.4. The van der Waals surface area contributed by atoms with Crippen LogP contribution in [0.15, 0.2) is 170 Å². The summed E-state index contributed by atoms with van der Waals surface area (Å²) in [6, 6.07) is 57.5. The number of rotatable bonds is 3. The Bertz CT molecular complexity index is 2900. The summed E-state index contributed by atoms with van der Waals surface area (Å²) >= 11 is 0. The average molecular weight is 609 g/mol. The number of fused-ring (bicyclic) bond motifs is 8. The summed E-state index contributed by atoms with van der Waals surface area (Å²) in [5, 5.41) is 12.2. The fourth-order valence-corrected chi connectivity index (χ4v) is 7.30. The van der Waals surface area contributed by atoms with Crippen molar-refractivity contribution in [2.45, 2.75) is 0 Å². The molecule has 8 aromatic carbocycles. The molecule has 0 bridgehead atoms. The van der Waals surface area contributed by atoms with Gasteiger partial charge in [-0.3, -0.25) is 9.97 Å². The number of hydrogen-bond acceptors (Lipinski definition) is 2. The highest BCUT2D eigenvalue weighted by molar-refractivity contribution is 6.10. The number of benzene rings is 8. The molecule has 0 aliphatic heterocycles. The van der Waals surface area contributed by atoms with E-state index in [1.807, 2.05) is 18.5 Å². The molecule has 0 saturated heterocycles. The Morgan fingerprint density at radius 2 is 0.688 bits per heavy atom. The summed E-state index contributed by atoms with van der Waals surface area (Å²) < 4.78 is 0. The number of nitrogens with zero attached hydrogens (tertiary/aromatic N) is 2. The van der Waals surface area contributed by atoms with Crippen molar-refractivity contribution >= 4 is 64.9 Å². The molecule has 0 aliphatic rings. The van der Waals surface area contributed by atoms with E-state index in [0.29, 0.717) is 0 Å². The Kier molecular flexibility index (Phi) is 5.91. The molecule has 0 saturated carbocycles. The average Bonchev–Trinajstić information content (AvgIpc) is 3.16. The highest BCUT2D eigenvalue weighted by Gasteiger charge is 2.09. The lowest BCUT2D eigenvalue weighted by Gasteiger charge is -2.11. The maximum atomic E-state index is 4.83. The maximum Gasteiger partial charge on any atom is 0.0964 e. The fraction of sp³-hybridized carbons (Fsp3) is 0. The van der Waals surface area contributed by atoms with Crippen LogP contribution in [0.5, 0.6) is 0 Å². The summed E-state index contributed by atoms with van der Waals surface area (Å²) in [5.74, 6) is 0. The molecule has 222 valence electrons. The van der Waals surface area contributed by atoms with E-state index >= 15 is 0 Å². The SMILES string of the molecule is c1ccc2cc(-c3ccc4c(ccc5cc(-c6ccc7cc(-c8cnc9c(ccc%10cccnc%109)c8)ccc7c6)ccc54)c3)ccc2c1. The van der Waals surface area contributed by atoms with E-state index in [-0.39, 0.29) is 0 Å². The van der Waals surface area contributed by atoms with Crippen LogP contribution in [0, 0.1) is 0 Å². The van der Waals surface area contributed by atoms with E-state index in [4.69, 9.17) is 4.98 Å². The minimum Gasteiger partial charge on any atom is -0.254 e. The second-order valence-electron chi connectivity index (χ2n) is 12.7. The van der Waals surface area contributed by atoms with Crippen molar-refractivity contribution in [1.82, 2.24) is 9.97 Å². The van der Waals surface area contributed by atoms with Gasteiger partial charge in [-0.1, -0.05) is 115 Å². The van der Waals surface area contributed by atoms with Crippen LogP contribution in [-0.2, 0) is 0 Å². The quantitative estimate of drug-likeness (QED) is 0.187. The molecule has 10 rings (SSSR count). The molecule has 0 fully saturated rings. The van der Waals surface area contributed by atoms with Crippen LogP contribution < -0.4 is 0 Å². The molecule has 0 radical (unpaired) electrons. The number of aromatic nitrogens is 2. The lowest BCUT2D eigenvalue weighted by Crippen LogP contribution is -1.87. The zero-order valence-electron chi connectivity index (χ0n) is 26.1. The van der Waals surface area contributed by atoms with Crippen molar-refractivity contribution < 1.29 is 0 Å². The number of hydrogen-bond donors (Lipinski definition) is 0. The zero-order valence-corrected chi connectivity index (χ0v) is 26.1. The molecule has 2 heteroatoms. The lowest BCUT2D eigenvalue weighted by atomic mass is 9.93. The highest BCUT2D eigenvalue weighted by Crippen LogP contribution is 2.35. The van der Waals surface area contributed by atoms with Gasteiger partial charge < -0.3 is 0 Å². The van der Waals surface area contributed by atoms with Gasteiger partial charge in [0.25, 0.3) is 0 Å². The summed E-state index contributed by atoms with van der Waals surface area (Å²) in [6.07, 6.45) is 3.80. The van der Waals surface area contributed by atoms with Crippen LogP contribution in [0.4, 0.5) is 0 Å². The molecule has 0 unspecified atom stereocenters. The van der Waals surface area contributed by atoms with E-state index in [2.05, 4.69) is 157 Å². The van der Waals surface area contributed by atoms with Crippen LogP contribution in [0.2, 0.25) is 0 Å². The molecule has 48 heavy (non-hydrogen) atoms. The van der Waals surface area contributed by atoms with Crippen molar-refractivity contribution in [2.75, 3.05) is 0 Å². The largest absolute Gasteiger partial charge is 0.254 e. The molecular formula is C46H28N2. The Hall–Kier alpha value is -6.38. The summed E-state index contributed by atoms with van der Waals surface area (Å²) in [4.78, 5) is 9.40. The van der Waals surface area contributed by atoms with Gasteiger partial charge in [0, 0.05) is 28.7 Å². The van der Waals surface area contributed by atoms with Gasteiger partial charge in [-0.05, 0) is 113 Å². The second-order valence-corrected chi connectivity index (χ2v) is 12.7. The van der Waals surface area contributed by atoms with Crippen molar-refractivity contribution in [2.24, 2.45) is 0 Å². The Morgan fingerprint density at radius 1 is 0.271 bits per heavy atom. The van der Waals surface area contributed by atoms with Crippen LogP contribution >= 0.6 is 0 Å². The molecule has 0 atom stereocenters. The first-order chi connectivity index (χ1) is 23.7. The van der Waals surface area contributed by atoms with E-state index in [1.165, 1.54) is 65.3 Å². The smallest absolute Gasteiger partial charge is 0.0964 e. The summed E-state index contributed by atoms with van der Waals surface area (Å²) in [7, 11) is 0. The topological polar surface area (TPSA) is 25.8 Å². The minimum absolute atomic E-state index is 0.941. The Morgan fingerprint density at radius 3 is 1.35 bits per heavy atom. The first kappa shape index (κ1) is 26.8. The second kappa shape index (κ2) is 10.6. The van der Waals surface area contributed by atoms with Crippen molar-refractivity contribution in [1.29, 1.82) is 0 Å². The summed E-state index contributed by atoms with van der Waals surface area (Å²) in [6.45, 7) is 0. The Labute approximate surface area is 277 Å². The predicted octanol–water partition coefficient (Wildman–Crippen LogP) is 12.4. The van der Waals surface area contributed by atoms with Gasteiger partial charge in [0.1, 0.15) is 0 Å². The van der Waals surface area contributed by atoms with Crippen LogP contribution in [0.3, 0.4) is 0 Å². The molecular weight excluding hydrogens is 581 g/mol. The van der Waals surface area contributed by atoms with Crippen LogP contribution in [0.25, 0.3) is 98.3 Å². The molecule has 2 nitrogen and oxygen atoms in total. The third-order valence-electron chi connectivity index (χ3n) is 9.85. The van der Waals surface area contributed by atoms with Crippen molar-refractivity contribution in [3.05, 3.63) is 170 Å². The van der Waals surface area contributed by atoms with Gasteiger partial charge >= 0.3 is 0 Å². The zero-order chi connectivity index (χ0) is 31.6. The van der Waals surface area contributed by atoms with Gasteiger partial charge in [0.05, 0.1) is 11.0 Å². The van der Waals surface area contributed by atoms with E-state index < -0.39 is 0 Å². The van der Waals surface area contributed by atoms with Crippen LogP contribution in [0.1, 0.15) is 0 Å². The standard InChI is InChI=1S/C46H28N2/c1-2-5-31-22-32(9-7-29(31)4-1)36-17-19-43-39(25-36)14-15-40-26-37(18-20-44(40)43)34-10-11-35-24-38(13-12-33(35)23-34)42-27-41-16-8-30-6-3-21-47-45(30)46(41)48-28-42/h1-28H. The highest BCUT2D eigenvalue weighted by atomic mass is 14.7. The molecule has 0 aliphatic carbocycles. The first-order valence-electron chi connectivity index (χ1n) is 16.4. The van der Waals surface area contributed by atoms with Gasteiger partial charge in [-0.2, -0.15) is 0 Å². The third-order valence-corrected chi connectivity index (χ3v) is 9.85. The maximum absolute atomic E-state index is 4.83. The fourth-order valence-electron chi connectivity index (χ4n) is 7.30. The monoisotopic (exact) mass is 608 g/mol. The van der Waals surface area contributed by atoms with Gasteiger partial charge in [0.15, 0.2) is 0 Å². The van der Waals surface area contributed by atoms with Crippen molar-refractivity contribution in [3.8, 4) is 33.4 Å². The lowest BCUT2D eigenvalue weighted by molar-refractivity contribution is 1.37. The summed E-state index contributed by atoms with van der Waals surface area (Å²) in [5.41, 5.74) is 9.08. The normalized spacial score (nSPS) is 11.8. The molecule has 0 amide bonds. The molecule has 2 aromatic heterocycles. The number of pyridine rings is 2. The Balaban J connectivity index is 0.971. The molecule has 10 aromatic rings.